The van der Waals surface area contributed by atoms with Crippen LogP contribution in [-0.4, -0.2) is 27.0 Å². The number of nitrogens with one attached hydrogen (secondary N) is 2. The monoisotopic (exact) mass is 411 g/mol. The highest BCUT2D eigenvalue weighted by Gasteiger charge is 2.46. The Bertz CT molecular complexity index is 959. The van der Waals surface area contributed by atoms with Gasteiger partial charge in [0.05, 0.1) is 23.2 Å². The van der Waals surface area contributed by atoms with Gasteiger partial charge in [-0.3, -0.25) is 9.52 Å². The summed E-state index contributed by atoms with van der Waals surface area (Å²) in [4.78, 5) is 12.2. The van der Waals surface area contributed by atoms with Crippen molar-refractivity contribution in [3.63, 3.8) is 0 Å². The normalized spacial score (nSPS) is 14.6. The Morgan fingerprint density at radius 3 is 2.48 bits per heavy atom. The Hall–Kier alpha value is -2.29. The summed E-state index contributed by atoms with van der Waals surface area (Å²) >= 11 is 0. The van der Waals surface area contributed by atoms with Crippen LogP contribution in [0, 0.1) is 6.92 Å². The number of hydrogen-bond acceptors (Lipinski definition) is 5. The van der Waals surface area contributed by atoms with E-state index < -0.39 is 15.6 Å². The van der Waals surface area contributed by atoms with E-state index in [4.69, 9.17) is 10.5 Å². The third-order valence-corrected chi connectivity index (χ3v) is 5.84. The lowest BCUT2D eigenvalue weighted by atomic mass is 10.2. The van der Waals surface area contributed by atoms with Gasteiger partial charge >= 0.3 is 0 Å². The summed E-state index contributed by atoms with van der Waals surface area (Å²) in [5, 5.41) is 2.69. The summed E-state index contributed by atoms with van der Waals surface area (Å²) in [6.45, 7) is 1.69. The zero-order valence-electron chi connectivity index (χ0n) is 15.0. The van der Waals surface area contributed by atoms with Crippen molar-refractivity contribution in [2.75, 3.05) is 17.1 Å². The number of hydrogen-bond donors (Lipinski definition) is 3. The van der Waals surface area contributed by atoms with Crippen LogP contribution in [0.5, 0.6) is 5.75 Å². The Balaban J connectivity index is 0.00000261. The topological polar surface area (TPSA) is 111 Å². The van der Waals surface area contributed by atoms with Crippen LogP contribution < -0.4 is 20.5 Å². The minimum atomic E-state index is -3.87. The maximum absolute atomic E-state index is 12.8. The molecule has 0 heterocycles. The van der Waals surface area contributed by atoms with Crippen LogP contribution in [0.25, 0.3) is 0 Å². The zero-order chi connectivity index (χ0) is 18.9. The third kappa shape index (κ3) is 4.52. The van der Waals surface area contributed by atoms with Crippen LogP contribution in [0.1, 0.15) is 18.4 Å². The molecule has 4 N–H and O–H groups in total. The molecule has 0 saturated heterocycles. The molecular formula is C18H22ClN3O4S. The van der Waals surface area contributed by atoms with E-state index in [2.05, 4.69) is 10.0 Å². The highest BCUT2D eigenvalue weighted by Crippen LogP contribution is 2.34. The first-order chi connectivity index (χ1) is 12.2. The average Bonchev–Trinajstić information content (AvgIpc) is 3.35. The Labute approximate surface area is 164 Å². The lowest BCUT2D eigenvalue weighted by Gasteiger charge is -2.15. The number of amides is 1. The van der Waals surface area contributed by atoms with Gasteiger partial charge in [-0.05, 0) is 49.6 Å². The van der Waals surface area contributed by atoms with Crippen molar-refractivity contribution in [1.82, 2.24) is 0 Å². The Kier molecular flexibility index (Phi) is 6.04. The van der Waals surface area contributed by atoms with Gasteiger partial charge in [-0.1, -0.05) is 18.2 Å². The lowest BCUT2D eigenvalue weighted by molar-refractivity contribution is -0.118. The molecule has 0 aromatic heterocycles. The summed E-state index contributed by atoms with van der Waals surface area (Å²) < 4.78 is 33.4. The SMILES string of the molecule is COc1ccccc1NS(=O)(=O)c1cc(NC(=O)C2(N)CC2)ccc1C.Cl. The number of carbonyl (C=O) groups is 1. The molecule has 1 aliphatic carbocycles. The van der Waals surface area contributed by atoms with Gasteiger partial charge in [0.2, 0.25) is 5.91 Å². The van der Waals surface area contributed by atoms with Gasteiger partial charge < -0.3 is 15.8 Å². The number of methoxy groups -OCH3 is 1. The van der Waals surface area contributed by atoms with Crippen molar-refractivity contribution in [3.05, 3.63) is 48.0 Å². The van der Waals surface area contributed by atoms with Gasteiger partial charge in [0.15, 0.2) is 0 Å². The van der Waals surface area contributed by atoms with Gasteiger partial charge in [-0.25, -0.2) is 8.42 Å². The van der Waals surface area contributed by atoms with Gasteiger partial charge in [0.1, 0.15) is 5.75 Å². The summed E-state index contributed by atoms with van der Waals surface area (Å²) in [6.07, 6.45) is 1.26. The molecule has 0 aliphatic heterocycles. The fraction of sp³-hybridized carbons (Fsp3) is 0.278. The standard InChI is InChI=1S/C18H21N3O4S.ClH/c1-12-7-8-13(20-17(22)18(19)9-10-18)11-16(12)26(23,24)21-14-5-3-4-6-15(14)25-2;/h3-8,11,21H,9-10,19H2,1-2H3,(H,20,22);1H. The quantitative estimate of drug-likeness (QED) is 0.676. The summed E-state index contributed by atoms with van der Waals surface area (Å²) in [5.74, 6) is 0.111. The van der Waals surface area contributed by atoms with Crippen molar-refractivity contribution >= 4 is 39.7 Å². The number of rotatable bonds is 6. The van der Waals surface area contributed by atoms with E-state index in [1.807, 2.05) is 0 Å². The van der Waals surface area contributed by atoms with Gasteiger partial charge in [-0.2, -0.15) is 0 Å². The molecule has 0 atom stereocenters. The average molecular weight is 412 g/mol. The molecule has 2 aromatic rings. The molecule has 27 heavy (non-hydrogen) atoms. The molecule has 146 valence electrons. The molecule has 0 unspecified atom stereocenters. The van der Waals surface area contributed by atoms with E-state index in [9.17, 15) is 13.2 Å². The highest BCUT2D eigenvalue weighted by molar-refractivity contribution is 7.92. The number of para-hydroxylation sites is 2. The molecule has 1 aliphatic rings. The molecule has 7 nitrogen and oxygen atoms in total. The molecule has 1 saturated carbocycles. The van der Waals surface area contributed by atoms with Gasteiger partial charge in [0.25, 0.3) is 10.0 Å². The maximum Gasteiger partial charge on any atom is 0.262 e. The first-order valence-electron chi connectivity index (χ1n) is 8.12. The number of anilines is 2. The van der Waals surface area contributed by atoms with Crippen LogP contribution in [0.4, 0.5) is 11.4 Å². The third-order valence-electron chi connectivity index (χ3n) is 4.33. The van der Waals surface area contributed by atoms with Crippen molar-refractivity contribution in [2.45, 2.75) is 30.2 Å². The number of benzene rings is 2. The van der Waals surface area contributed by atoms with Crippen molar-refractivity contribution < 1.29 is 17.9 Å². The van der Waals surface area contributed by atoms with Crippen molar-refractivity contribution in [3.8, 4) is 5.75 Å². The molecule has 9 heteroatoms. The minimum Gasteiger partial charge on any atom is -0.495 e. The minimum absolute atomic E-state index is 0. The Morgan fingerprint density at radius 1 is 1.19 bits per heavy atom. The molecule has 3 rings (SSSR count). The van der Waals surface area contributed by atoms with Crippen LogP contribution in [0.15, 0.2) is 47.4 Å². The second kappa shape index (κ2) is 7.75. The van der Waals surface area contributed by atoms with Crippen LogP contribution in [0.2, 0.25) is 0 Å². The summed E-state index contributed by atoms with van der Waals surface area (Å²) in [7, 11) is -2.40. The van der Waals surface area contributed by atoms with E-state index in [-0.39, 0.29) is 23.2 Å². The number of sulfonamides is 1. The number of nitrogens with two attached hydrogens (primary N) is 1. The van der Waals surface area contributed by atoms with E-state index in [0.717, 1.165) is 0 Å². The smallest absolute Gasteiger partial charge is 0.262 e. The number of ether oxygens (including phenoxy) is 1. The van der Waals surface area contributed by atoms with E-state index in [1.165, 1.54) is 13.2 Å². The molecule has 1 amide bonds. The molecule has 0 radical (unpaired) electrons. The van der Waals surface area contributed by atoms with Crippen molar-refractivity contribution in [2.24, 2.45) is 5.73 Å². The van der Waals surface area contributed by atoms with E-state index >= 15 is 0 Å². The first kappa shape index (κ1) is 21.0. The predicted molar refractivity (Wildman–Crippen MR) is 107 cm³/mol. The number of halogens is 1. The highest BCUT2D eigenvalue weighted by atomic mass is 35.5. The fourth-order valence-corrected chi connectivity index (χ4v) is 3.86. The second-order valence-corrected chi connectivity index (χ2v) is 8.05. The fourth-order valence-electron chi connectivity index (χ4n) is 2.51. The molecule has 0 spiro atoms. The van der Waals surface area contributed by atoms with E-state index in [0.29, 0.717) is 35.5 Å². The predicted octanol–water partition coefficient (Wildman–Crippen LogP) is 2.66. The van der Waals surface area contributed by atoms with Gasteiger partial charge in [0, 0.05) is 5.69 Å². The van der Waals surface area contributed by atoms with Crippen LogP contribution in [-0.2, 0) is 14.8 Å². The first-order valence-corrected chi connectivity index (χ1v) is 9.60. The lowest BCUT2D eigenvalue weighted by Crippen LogP contribution is -2.37. The second-order valence-electron chi connectivity index (χ2n) is 6.40. The van der Waals surface area contributed by atoms with Crippen LogP contribution >= 0.6 is 12.4 Å². The molecule has 1 fully saturated rings. The largest absolute Gasteiger partial charge is 0.495 e. The van der Waals surface area contributed by atoms with Crippen molar-refractivity contribution in [1.29, 1.82) is 0 Å². The maximum atomic E-state index is 12.8. The van der Waals surface area contributed by atoms with E-state index in [1.54, 1.807) is 43.3 Å². The molecule has 0 bridgehead atoms. The zero-order valence-corrected chi connectivity index (χ0v) is 16.6. The van der Waals surface area contributed by atoms with Crippen LogP contribution in [0.3, 0.4) is 0 Å². The molecule has 2 aromatic carbocycles. The number of carbonyl (C=O) groups excluding carboxylic acids is 1. The molecular weight excluding hydrogens is 390 g/mol. The Morgan fingerprint density at radius 2 is 1.85 bits per heavy atom. The number of aryl methyl sites for hydroxylation is 1. The summed E-state index contributed by atoms with van der Waals surface area (Å²) in [6, 6.07) is 11.5. The summed E-state index contributed by atoms with van der Waals surface area (Å²) in [5.41, 5.74) is 6.31. The van der Waals surface area contributed by atoms with Gasteiger partial charge in [-0.15, -0.1) is 12.4 Å².